The Bertz CT molecular complexity index is 831. The molecular formula is C15H11N5O. The van der Waals surface area contributed by atoms with E-state index in [4.69, 9.17) is 5.73 Å². The predicted octanol–water partition coefficient (Wildman–Crippen LogP) is 1.55. The van der Waals surface area contributed by atoms with Crippen LogP contribution in [0.1, 0.15) is 11.1 Å². The van der Waals surface area contributed by atoms with Crippen molar-refractivity contribution in [1.82, 2.24) is 20.4 Å². The predicted molar refractivity (Wildman–Crippen MR) is 78.1 cm³/mol. The van der Waals surface area contributed by atoms with Gasteiger partial charge in [0.15, 0.2) is 5.82 Å². The van der Waals surface area contributed by atoms with Gasteiger partial charge < -0.3 is 10.8 Å². The van der Waals surface area contributed by atoms with Gasteiger partial charge in [0.05, 0.1) is 23.0 Å². The number of hydrogen-bond acceptors (Lipinski definition) is 5. The van der Waals surface area contributed by atoms with E-state index in [1.54, 1.807) is 36.7 Å². The van der Waals surface area contributed by atoms with E-state index in [0.717, 1.165) is 5.56 Å². The zero-order chi connectivity index (χ0) is 14.7. The van der Waals surface area contributed by atoms with Gasteiger partial charge in [-0.25, -0.2) is 0 Å². The number of nitrogens with zero attached hydrogens (tertiary/aromatic N) is 3. The number of nitrogens with one attached hydrogen (secondary N) is 1. The van der Waals surface area contributed by atoms with Crippen molar-refractivity contribution in [2.45, 2.75) is 0 Å². The molecule has 3 rings (SSSR count). The summed E-state index contributed by atoms with van der Waals surface area (Å²) in [7, 11) is 0. The number of benzene rings is 1. The zero-order valence-electron chi connectivity index (χ0n) is 10.9. The molecule has 0 aliphatic rings. The Hall–Kier alpha value is -3.33. The Kier molecular flexibility index (Phi) is 3.23. The second-order valence-electron chi connectivity index (χ2n) is 4.28. The Morgan fingerprint density at radius 2 is 2.00 bits per heavy atom. The first-order chi connectivity index (χ1) is 10.2. The van der Waals surface area contributed by atoms with Gasteiger partial charge in [-0.2, -0.15) is 5.10 Å². The molecule has 102 valence electrons. The quantitative estimate of drug-likeness (QED) is 0.586. The minimum Gasteiger partial charge on any atom is -0.507 e. The minimum absolute atomic E-state index is 0.130. The van der Waals surface area contributed by atoms with E-state index in [1.165, 1.54) is 0 Å². The van der Waals surface area contributed by atoms with Crippen LogP contribution in [0, 0.1) is 11.8 Å². The second kappa shape index (κ2) is 5.35. The van der Waals surface area contributed by atoms with Gasteiger partial charge >= 0.3 is 0 Å². The van der Waals surface area contributed by atoms with Crippen molar-refractivity contribution in [3.63, 3.8) is 0 Å². The number of aromatic nitrogens is 4. The lowest BCUT2D eigenvalue weighted by atomic mass is 10.1. The third-order valence-electron chi connectivity index (χ3n) is 2.84. The molecule has 2 aromatic heterocycles. The number of phenolic OH excluding ortho intramolecular Hbond substituents is 1. The van der Waals surface area contributed by atoms with Gasteiger partial charge in [-0.05, 0) is 18.2 Å². The highest BCUT2D eigenvalue weighted by molar-refractivity contribution is 5.69. The van der Waals surface area contributed by atoms with Crippen LogP contribution in [0.5, 0.6) is 5.75 Å². The minimum atomic E-state index is 0.130. The Labute approximate surface area is 120 Å². The van der Waals surface area contributed by atoms with Crippen LogP contribution < -0.4 is 5.73 Å². The van der Waals surface area contributed by atoms with E-state index in [0.29, 0.717) is 16.8 Å². The van der Waals surface area contributed by atoms with Crippen LogP contribution in [0.15, 0.2) is 42.7 Å². The lowest BCUT2D eigenvalue weighted by Crippen LogP contribution is -1.99. The molecule has 0 unspecified atom stereocenters. The normalized spacial score (nSPS) is 9.90. The van der Waals surface area contributed by atoms with E-state index < -0.39 is 0 Å². The molecule has 6 heteroatoms. The van der Waals surface area contributed by atoms with Gasteiger partial charge in [0.1, 0.15) is 5.75 Å². The monoisotopic (exact) mass is 277 g/mol. The van der Waals surface area contributed by atoms with E-state index in [1.807, 2.05) is 6.07 Å². The molecule has 0 saturated carbocycles. The zero-order valence-corrected chi connectivity index (χ0v) is 10.9. The van der Waals surface area contributed by atoms with Gasteiger partial charge in [-0.1, -0.05) is 24.0 Å². The molecule has 6 nitrogen and oxygen atoms in total. The molecule has 0 saturated heterocycles. The van der Waals surface area contributed by atoms with Gasteiger partial charge in [0.25, 0.3) is 0 Å². The van der Waals surface area contributed by atoms with Crippen molar-refractivity contribution in [3.8, 4) is 28.8 Å². The highest BCUT2D eigenvalue weighted by Gasteiger charge is 2.08. The van der Waals surface area contributed by atoms with Gasteiger partial charge in [0.2, 0.25) is 0 Å². The summed E-state index contributed by atoms with van der Waals surface area (Å²) in [4.78, 5) is 0. The summed E-state index contributed by atoms with van der Waals surface area (Å²) in [5, 5.41) is 24.2. The second-order valence-corrected chi connectivity index (χ2v) is 4.28. The van der Waals surface area contributed by atoms with Crippen LogP contribution in [0.3, 0.4) is 0 Å². The number of hydrogen-bond donors (Lipinski definition) is 3. The first kappa shape index (κ1) is 12.7. The molecule has 21 heavy (non-hydrogen) atoms. The van der Waals surface area contributed by atoms with Gasteiger partial charge in [0, 0.05) is 11.8 Å². The average Bonchev–Trinajstić information content (AvgIpc) is 3.00. The van der Waals surface area contributed by atoms with Crippen molar-refractivity contribution < 1.29 is 5.11 Å². The number of anilines is 1. The Balaban J connectivity index is 2.03. The van der Waals surface area contributed by atoms with E-state index in [2.05, 4.69) is 32.2 Å². The molecule has 4 N–H and O–H groups in total. The SMILES string of the molecule is Nc1nnc(-c2ccccc2O)cc1C#Cc1cn[nH]c1. The van der Waals surface area contributed by atoms with Crippen LogP contribution in [0.4, 0.5) is 5.82 Å². The molecule has 2 heterocycles. The lowest BCUT2D eigenvalue weighted by Gasteiger charge is -2.04. The third kappa shape index (κ3) is 2.67. The van der Waals surface area contributed by atoms with Crippen LogP contribution in [0.2, 0.25) is 0 Å². The molecule has 0 bridgehead atoms. The van der Waals surface area contributed by atoms with Crippen LogP contribution >= 0.6 is 0 Å². The highest BCUT2D eigenvalue weighted by atomic mass is 16.3. The fraction of sp³-hybridized carbons (Fsp3) is 0. The molecule has 0 aliphatic carbocycles. The average molecular weight is 277 g/mol. The maximum Gasteiger partial charge on any atom is 0.161 e. The van der Waals surface area contributed by atoms with E-state index >= 15 is 0 Å². The number of rotatable bonds is 1. The summed E-state index contributed by atoms with van der Waals surface area (Å²) in [5.41, 5.74) is 8.17. The van der Waals surface area contributed by atoms with Gasteiger partial charge in [-0.15, -0.1) is 10.2 Å². The molecule has 0 atom stereocenters. The number of nitrogen functional groups attached to an aromatic ring is 1. The number of para-hydroxylation sites is 1. The maximum absolute atomic E-state index is 9.86. The fourth-order valence-electron chi connectivity index (χ4n) is 1.78. The first-order valence-electron chi connectivity index (χ1n) is 6.16. The lowest BCUT2D eigenvalue weighted by molar-refractivity contribution is 0.477. The number of aromatic hydroxyl groups is 1. The van der Waals surface area contributed by atoms with Crippen molar-refractivity contribution in [2.75, 3.05) is 5.73 Å². The smallest absolute Gasteiger partial charge is 0.161 e. The number of phenols is 1. The van der Waals surface area contributed by atoms with Crippen LogP contribution in [-0.2, 0) is 0 Å². The molecule has 0 spiro atoms. The maximum atomic E-state index is 9.86. The Morgan fingerprint density at radius 1 is 1.14 bits per heavy atom. The van der Waals surface area contributed by atoms with E-state index in [-0.39, 0.29) is 11.6 Å². The Morgan fingerprint density at radius 3 is 2.76 bits per heavy atom. The molecule has 3 aromatic rings. The van der Waals surface area contributed by atoms with Crippen molar-refractivity contribution in [3.05, 3.63) is 53.9 Å². The summed E-state index contributed by atoms with van der Waals surface area (Å²) < 4.78 is 0. The number of H-pyrrole nitrogens is 1. The summed E-state index contributed by atoms with van der Waals surface area (Å²) >= 11 is 0. The highest BCUT2D eigenvalue weighted by Crippen LogP contribution is 2.27. The molecule has 0 amide bonds. The molecule has 0 fully saturated rings. The number of aromatic amines is 1. The summed E-state index contributed by atoms with van der Waals surface area (Å²) in [6.45, 7) is 0. The summed E-state index contributed by atoms with van der Waals surface area (Å²) in [6.07, 6.45) is 3.30. The van der Waals surface area contributed by atoms with Crippen LogP contribution in [0.25, 0.3) is 11.3 Å². The van der Waals surface area contributed by atoms with Gasteiger partial charge in [-0.3, -0.25) is 5.10 Å². The summed E-state index contributed by atoms with van der Waals surface area (Å²) in [5.74, 6) is 6.22. The summed E-state index contributed by atoms with van der Waals surface area (Å²) in [6, 6.07) is 8.59. The van der Waals surface area contributed by atoms with Crippen molar-refractivity contribution in [1.29, 1.82) is 0 Å². The van der Waals surface area contributed by atoms with Crippen molar-refractivity contribution >= 4 is 5.82 Å². The topological polar surface area (TPSA) is 101 Å². The fourth-order valence-corrected chi connectivity index (χ4v) is 1.78. The molecular weight excluding hydrogens is 266 g/mol. The van der Waals surface area contributed by atoms with Crippen molar-refractivity contribution in [2.24, 2.45) is 0 Å². The molecule has 1 aromatic carbocycles. The molecule has 0 radical (unpaired) electrons. The molecule has 0 aliphatic heterocycles. The standard InChI is InChI=1S/C15H11N5O/c16-15-11(6-5-10-8-17-18-9-10)7-13(19-20-15)12-3-1-2-4-14(12)21/h1-4,7-9,21H,(H2,16,20)(H,17,18). The first-order valence-corrected chi connectivity index (χ1v) is 6.16. The van der Waals surface area contributed by atoms with Crippen LogP contribution in [-0.4, -0.2) is 25.5 Å². The number of nitrogens with two attached hydrogens (primary N) is 1. The van der Waals surface area contributed by atoms with E-state index in [9.17, 15) is 5.11 Å². The third-order valence-corrected chi connectivity index (χ3v) is 2.84. The largest absolute Gasteiger partial charge is 0.507 e.